The van der Waals surface area contributed by atoms with Crippen molar-refractivity contribution in [3.8, 4) is 0 Å². The summed E-state index contributed by atoms with van der Waals surface area (Å²) in [5, 5.41) is 2.84. The summed E-state index contributed by atoms with van der Waals surface area (Å²) in [4.78, 5) is 25.6. The van der Waals surface area contributed by atoms with Crippen LogP contribution in [0.5, 0.6) is 0 Å². The van der Waals surface area contributed by atoms with E-state index in [1.165, 1.54) is 7.11 Å². The van der Waals surface area contributed by atoms with Crippen molar-refractivity contribution in [2.24, 2.45) is 12.9 Å². The Balaban J connectivity index is 2.10. The van der Waals surface area contributed by atoms with E-state index in [-0.39, 0.29) is 11.9 Å². The molecule has 0 aliphatic carbocycles. The highest BCUT2D eigenvalue weighted by Crippen LogP contribution is 2.18. The molecular weight excluding hydrogens is 310 g/mol. The molecule has 0 spiro atoms. The lowest BCUT2D eigenvalue weighted by molar-refractivity contribution is -0.137. The maximum absolute atomic E-state index is 12.3. The largest absolute Gasteiger partial charge is 0.464 e. The quantitative estimate of drug-likeness (QED) is 0.349. The van der Waals surface area contributed by atoms with Crippen molar-refractivity contribution in [2.75, 3.05) is 25.2 Å². The summed E-state index contributed by atoms with van der Waals surface area (Å²) >= 11 is 5.65. The first-order valence-electron chi connectivity index (χ1n) is 6.52. The van der Waals surface area contributed by atoms with E-state index in [4.69, 9.17) is 22.4 Å². The normalized spacial score (nSPS) is 17.2. The summed E-state index contributed by atoms with van der Waals surface area (Å²) < 4.78 is 7.23. The zero-order valence-corrected chi connectivity index (χ0v) is 13.3. The van der Waals surface area contributed by atoms with Gasteiger partial charge in [0.25, 0.3) is 5.91 Å². The highest BCUT2D eigenvalue weighted by molar-refractivity contribution is 6.25. The molecule has 0 saturated carbocycles. The molecule has 0 radical (unpaired) electrons. The van der Waals surface area contributed by atoms with Gasteiger partial charge in [0, 0.05) is 38.6 Å². The second kappa shape index (κ2) is 6.29. The number of carbonyl (C=O) groups is 2. The summed E-state index contributed by atoms with van der Waals surface area (Å²) in [5.41, 5.74) is 1.34. The number of nitrogens with one attached hydrogen (secondary N) is 1. The van der Waals surface area contributed by atoms with E-state index in [0.29, 0.717) is 23.6 Å². The second-order valence-electron chi connectivity index (χ2n) is 5.01. The van der Waals surface area contributed by atoms with Gasteiger partial charge in [-0.15, -0.1) is 0 Å². The van der Waals surface area contributed by atoms with Gasteiger partial charge in [-0.3, -0.25) is 4.79 Å². The first-order valence-corrected chi connectivity index (χ1v) is 6.86. The lowest BCUT2D eigenvalue weighted by Gasteiger charge is -2.16. The molecule has 1 aromatic heterocycles. The SMILES string of the molecule is COC(=O)C1=CC(NC(=O)c2cc(N(N)Cl)cn2C)CN1C. The molecule has 22 heavy (non-hydrogen) atoms. The van der Waals surface area contributed by atoms with Gasteiger partial charge in [-0.05, 0) is 12.1 Å². The molecule has 0 saturated heterocycles. The van der Waals surface area contributed by atoms with Crippen LogP contribution in [0.4, 0.5) is 5.69 Å². The molecule has 2 rings (SSSR count). The standard InChI is InChI=1S/C13H18ClN5O3/c1-17-6-8(4-11(17)13(21)22-3)16-12(20)10-5-9(19(14)15)7-18(10)2/h4-5,7-8H,6,15H2,1-3H3,(H,16,20). The zero-order chi connectivity index (χ0) is 16.4. The van der Waals surface area contributed by atoms with E-state index in [1.54, 1.807) is 41.9 Å². The summed E-state index contributed by atoms with van der Waals surface area (Å²) in [6.07, 6.45) is 3.31. The minimum absolute atomic E-state index is 0.282. The Labute approximate surface area is 133 Å². The molecular formula is C13H18ClN5O3. The van der Waals surface area contributed by atoms with Crippen LogP contribution in [0.25, 0.3) is 0 Å². The molecule has 0 fully saturated rings. The third kappa shape index (κ3) is 3.18. The van der Waals surface area contributed by atoms with Crippen LogP contribution < -0.4 is 15.7 Å². The number of aromatic nitrogens is 1. The molecule has 8 nitrogen and oxygen atoms in total. The molecule has 1 unspecified atom stereocenters. The first kappa shape index (κ1) is 16.2. The van der Waals surface area contributed by atoms with Crippen LogP contribution in [0.1, 0.15) is 10.5 Å². The fourth-order valence-corrected chi connectivity index (χ4v) is 2.40. The number of methoxy groups -OCH3 is 1. The number of hydrogen-bond donors (Lipinski definition) is 2. The Morgan fingerprint density at radius 3 is 2.73 bits per heavy atom. The highest BCUT2D eigenvalue weighted by Gasteiger charge is 2.27. The van der Waals surface area contributed by atoms with Crippen molar-refractivity contribution in [1.29, 1.82) is 0 Å². The van der Waals surface area contributed by atoms with Crippen molar-refractivity contribution < 1.29 is 14.3 Å². The van der Waals surface area contributed by atoms with E-state index in [2.05, 4.69) is 5.32 Å². The second-order valence-corrected chi connectivity index (χ2v) is 5.37. The predicted octanol–water partition coefficient (Wildman–Crippen LogP) is -0.0403. The Kier molecular flexibility index (Phi) is 4.62. The van der Waals surface area contributed by atoms with Crippen LogP contribution in [0.15, 0.2) is 24.0 Å². The molecule has 0 aromatic carbocycles. The number of hydrazine groups is 1. The Hall–Kier alpha value is -2.19. The van der Waals surface area contributed by atoms with Crippen LogP contribution >= 0.6 is 11.8 Å². The van der Waals surface area contributed by atoms with Gasteiger partial charge in [0.1, 0.15) is 11.4 Å². The number of nitrogens with two attached hydrogens (primary N) is 1. The smallest absolute Gasteiger partial charge is 0.354 e. The average molecular weight is 328 g/mol. The van der Waals surface area contributed by atoms with Crippen LogP contribution in [0, 0.1) is 0 Å². The van der Waals surface area contributed by atoms with E-state index >= 15 is 0 Å². The number of anilines is 1. The first-order chi connectivity index (χ1) is 10.3. The van der Waals surface area contributed by atoms with Gasteiger partial charge in [0.05, 0.1) is 18.8 Å². The molecule has 3 N–H and O–H groups in total. The fraction of sp³-hybridized carbons (Fsp3) is 0.385. The number of aryl methyl sites for hydroxylation is 1. The minimum atomic E-state index is -0.429. The summed E-state index contributed by atoms with van der Waals surface area (Å²) in [7, 11) is 4.80. The maximum atomic E-state index is 12.3. The third-order valence-electron chi connectivity index (χ3n) is 3.42. The Morgan fingerprint density at radius 2 is 2.18 bits per heavy atom. The number of amides is 1. The molecule has 120 valence electrons. The number of likely N-dealkylation sites (N-methyl/N-ethyl adjacent to an activating group) is 1. The van der Waals surface area contributed by atoms with E-state index < -0.39 is 5.97 Å². The molecule has 9 heteroatoms. The van der Waals surface area contributed by atoms with Crippen molar-refractivity contribution >= 4 is 29.3 Å². The number of halogens is 1. The molecule has 2 heterocycles. The number of ether oxygens (including phenoxy) is 1. The lowest BCUT2D eigenvalue weighted by Crippen LogP contribution is -2.37. The number of hydrogen-bond acceptors (Lipinski definition) is 6. The van der Waals surface area contributed by atoms with Crippen molar-refractivity contribution in [3.05, 3.63) is 29.7 Å². The monoisotopic (exact) mass is 327 g/mol. The molecule has 0 bridgehead atoms. The zero-order valence-electron chi connectivity index (χ0n) is 12.5. The van der Waals surface area contributed by atoms with E-state index in [0.717, 1.165) is 4.53 Å². The van der Waals surface area contributed by atoms with Gasteiger partial charge >= 0.3 is 5.97 Å². The summed E-state index contributed by atoms with van der Waals surface area (Å²) in [6, 6.07) is 1.29. The van der Waals surface area contributed by atoms with Gasteiger partial charge < -0.3 is 19.5 Å². The van der Waals surface area contributed by atoms with Gasteiger partial charge in [-0.2, -0.15) is 0 Å². The van der Waals surface area contributed by atoms with Crippen LogP contribution in [0.3, 0.4) is 0 Å². The van der Waals surface area contributed by atoms with Gasteiger partial charge in [0.2, 0.25) is 0 Å². The van der Waals surface area contributed by atoms with Gasteiger partial charge in [-0.1, -0.05) is 0 Å². The summed E-state index contributed by atoms with van der Waals surface area (Å²) in [6.45, 7) is 0.492. The average Bonchev–Trinajstić information content (AvgIpc) is 3.01. The van der Waals surface area contributed by atoms with Crippen LogP contribution in [-0.4, -0.2) is 48.1 Å². The van der Waals surface area contributed by atoms with Crippen LogP contribution in [-0.2, 0) is 16.6 Å². The number of rotatable bonds is 4. The third-order valence-corrected chi connectivity index (χ3v) is 3.62. The molecule has 1 amide bonds. The van der Waals surface area contributed by atoms with E-state index in [1.807, 2.05) is 0 Å². The molecule has 1 aliphatic rings. The number of carbonyl (C=O) groups excluding carboxylic acids is 2. The lowest BCUT2D eigenvalue weighted by atomic mass is 10.2. The molecule has 1 aliphatic heterocycles. The van der Waals surface area contributed by atoms with E-state index in [9.17, 15) is 9.59 Å². The predicted molar refractivity (Wildman–Crippen MR) is 81.9 cm³/mol. The fourth-order valence-electron chi connectivity index (χ4n) is 2.31. The Bertz CT molecular complexity index is 625. The summed E-state index contributed by atoms with van der Waals surface area (Å²) in [5.74, 6) is 4.72. The highest BCUT2D eigenvalue weighted by atomic mass is 35.5. The number of nitrogens with zero attached hydrogens (tertiary/aromatic N) is 3. The van der Waals surface area contributed by atoms with Gasteiger partial charge in [0.15, 0.2) is 0 Å². The topological polar surface area (TPSA) is 92.8 Å². The molecule has 1 aromatic rings. The Morgan fingerprint density at radius 1 is 1.50 bits per heavy atom. The van der Waals surface area contributed by atoms with Crippen molar-refractivity contribution in [1.82, 2.24) is 14.8 Å². The molecule has 1 atom stereocenters. The minimum Gasteiger partial charge on any atom is -0.464 e. The van der Waals surface area contributed by atoms with Gasteiger partial charge in [-0.25, -0.2) is 15.2 Å². The van der Waals surface area contributed by atoms with Crippen molar-refractivity contribution in [2.45, 2.75) is 6.04 Å². The van der Waals surface area contributed by atoms with Crippen molar-refractivity contribution in [3.63, 3.8) is 0 Å². The van der Waals surface area contributed by atoms with Crippen LogP contribution in [0.2, 0.25) is 0 Å². The maximum Gasteiger partial charge on any atom is 0.354 e. The number of esters is 1.